The van der Waals surface area contributed by atoms with Crippen LogP contribution in [-0.4, -0.2) is 36.1 Å². The van der Waals surface area contributed by atoms with E-state index in [1.807, 2.05) is 18.2 Å². The van der Waals surface area contributed by atoms with E-state index < -0.39 is 0 Å². The molecule has 3 heterocycles. The first-order valence-electron chi connectivity index (χ1n) is 8.07. The Morgan fingerprint density at radius 3 is 2.58 bits per heavy atom. The number of hydrogen-bond donors (Lipinski definition) is 3. The summed E-state index contributed by atoms with van der Waals surface area (Å²) in [4.78, 5) is 21.6. The Hall–Kier alpha value is -2.86. The van der Waals surface area contributed by atoms with Crippen molar-refractivity contribution < 1.29 is 0 Å². The maximum Gasteiger partial charge on any atom is 0.272 e. The van der Waals surface area contributed by atoms with Gasteiger partial charge in [-0.15, -0.1) is 0 Å². The number of H-pyrrole nitrogens is 1. The molecule has 122 valence electrons. The maximum atomic E-state index is 11.8. The third kappa shape index (κ3) is 2.61. The van der Waals surface area contributed by atoms with Gasteiger partial charge >= 0.3 is 0 Å². The van der Waals surface area contributed by atoms with Crippen LogP contribution in [-0.2, 0) is 0 Å². The fourth-order valence-corrected chi connectivity index (χ4v) is 3.09. The average Bonchev–Trinajstić information content (AvgIpc) is 2.63. The highest BCUT2D eigenvalue weighted by molar-refractivity contribution is 5.89. The summed E-state index contributed by atoms with van der Waals surface area (Å²) in [5.41, 5.74) is 8.40. The predicted molar refractivity (Wildman–Crippen MR) is 97.3 cm³/mol. The van der Waals surface area contributed by atoms with Gasteiger partial charge in [0.2, 0.25) is 0 Å². The Morgan fingerprint density at radius 2 is 1.83 bits per heavy atom. The first-order valence-corrected chi connectivity index (χ1v) is 8.07. The van der Waals surface area contributed by atoms with Crippen LogP contribution in [0.4, 0.5) is 11.5 Å². The van der Waals surface area contributed by atoms with Gasteiger partial charge in [-0.25, -0.2) is 4.98 Å². The number of hydrogen-bond acceptors (Lipinski definition) is 5. The van der Waals surface area contributed by atoms with Crippen molar-refractivity contribution in [3.8, 4) is 11.1 Å². The van der Waals surface area contributed by atoms with Gasteiger partial charge in [-0.05, 0) is 17.7 Å². The lowest BCUT2D eigenvalue weighted by molar-refractivity contribution is 0.586. The molecule has 4 rings (SSSR count). The molecule has 0 bridgehead atoms. The average molecular weight is 321 g/mol. The summed E-state index contributed by atoms with van der Waals surface area (Å²) in [5.74, 6) is 0.899. The highest BCUT2D eigenvalue weighted by Crippen LogP contribution is 2.32. The van der Waals surface area contributed by atoms with Crippen molar-refractivity contribution >= 4 is 22.5 Å². The molecule has 0 amide bonds. The number of benzene rings is 1. The van der Waals surface area contributed by atoms with Gasteiger partial charge in [-0.2, -0.15) is 0 Å². The lowest BCUT2D eigenvalue weighted by Gasteiger charge is -2.30. The van der Waals surface area contributed by atoms with Gasteiger partial charge in [-0.1, -0.05) is 30.3 Å². The van der Waals surface area contributed by atoms with Crippen LogP contribution < -0.4 is 21.5 Å². The smallest absolute Gasteiger partial charge is 0.272 e. The number of nitrogens with one attached hydrogen (secondary N) is 2. The van der Waals surface area contributed by atoms with Crippen LogP contribution in [0.25, 0.3) is 22.2 Å². The minimum atomic E-state index is -0.297. The summed E-state index contributed by atoms with van der Waals surface area (Å²) in [7, 11) is 0. The van der Waals surface area contributed by atoms with E-state index >= 15 is 0 Å². The first-order chi connectivity index (χ1) is 11.7. The number of nitrogen functional groups attached to an aromatic ring is 1. The van der Waals surface area contributed by atoms with Crippen molar-refractivity contribution in [2.75, 3.05) is 36.8 Å². The van der Waals surface area contributed by atoms with E-state index in [1.165, 1.54) is 0 Å². The molecule has 24 heavy (non-hydrogen) atoms. The van der Waals surface area contributed by atoms with Crippen molar-refractivity contribution in [2.45, 2.75) is 0 Å². The molecule has 1 aliphatic heterocycles. The first kappa shape index (κ1) is 14.7. The second kappa shape index (κ2) is 5.98. The summed E-state index contributed by atoms with van der Waals surface area (Å²) < 4.78 is 0. The van der Waals surface area contributed by atoms with E-state index in [-0.39, 0.29) is 11.2 Å². The van der Waals surface area contributed by atoms with Crippen molar-refractivity contribution in [3.63, 3.8) is 0 Å². The molecule has 0 spiro atoms. The van der Waals surface area contributed by atoms with Gasteiger partial charge in [0.05, 0.1) is 5.69 Å². The zero-order chi connectivity index (χ0) is 16.5. The lowest BCUT2D eigenvalue weighted by atomic mass is 10.0. The molecule has 0 aliphatic carbocycles. The molecule has 1 aliphatic rings. The second-order valence-electron chi connectivity index (χ2n) is 5.95. The monoisotopic (exact) mass is 321 g/mol. The molecule has 6 nitrogen and oxygen atoms in total. The number of nitrogens with two attached hydrogens (primary N) is 1. The molecule has 0 radical (unpaired) electrons. The Kier molecular flexibility index (Phi) is 3.66. The summed E-state index contributed by atoms with van der Waals surface area (Å²) in [6.07, 6.45) is 0. The second-order valence-corrected chi connectivity index (χ2v) is 5.95. The molecule has 0 saturated carbocycles. The molecule has 0 unspecified atom stereocenters. The number of aromatic amines is 1. The number of aromatic nitrogens is 2. The van der Waals surface area contributed by atoms with Crippen molar-refractivity contribution in [2.24, 2.45) is 0 Å². The zero-order valence-electron chi connectivity index (χ0n) is 13.2. The Morgan fingerprint density at radius 1 is 1.08 bits per heavy atom. The number of rotatable bonds is 2. The van der Waals surface area contributed by atoms with Crippen LogP contribution in [0.3, 0.4) is 0 Å². The van der Waals surface area contributed by atoms with E-state index in [0.29, 0.717) is 5.65 Å². The summed E-state index contributed by atoms with van der Waals surface area (Å²) in [6, 6.07) is 13.9. The van der Waals surface area contributed by atoms with Gasteiger partial charge in [0, 0.05) is 37.1 Å². The number of fused-ring (bicyclic) bond motifs is 1. The van der Waals surface area contributed by atoms with Gasteiger partial charge in [-0.3, -0.25) is 4.79 Å². The fourth-order valence-electron chi connectivity index (χ4n) is 3.09. The SMILES string of the molecule is Nc1cc2cc(-c3ccccc3)c(N3CCNCC3)nc2[nH]c1=O. The van der Waals surface area contributed by atoms with Gasteiger partial charge in [0.15, 0.2) is 0 Å². The van der Waals surface area contributed by atoms with Crippen molar-refractivity contribution in [3.05, 3.63) is 52.8 Å². The predicted octanol–water partition coefficient (Wildman–Crippen LogP) is 1.58. The fraction of sp³-hybridized carbons (Fsp3) is 0.222. The van der Waals surface area contributed by atoms with Crippen LogP contribution in [0.1, 0.15) is 0 Å². The van der Waals surface area contributed by atoms with E-state index in [0.717, 1.165) is 48.5 Å². The Balaban J connectivity index is 1.95. The number of piperazine rings is 1. The minimum Gasteiger partial charge on any atom is -0.394 e. The number of nitrogens with zero attached hydrogens (tertiary/aromatic N) is 2. The number of anilines is 2. The largest absolute Gasteiger partial charge is 0.394 e. The van der Waals surface area contributed by atoms with E-state index in [4.69, 9.17) is 10.7 Å². The zero-order valence-corrected chi connectivity index (χ0v) is 13.2. The molecule has 4 N–H and O–H groups in total. The third-order valence-corrected chi connectivity index (χ3v) is 4.34. The summed E-state index contributed by atoms with van der Waals surface area (Å²) >= 11 is 0. The summed E-state index contributed by atoms with van der Waals surface area (Å²) in [6.45, 7) is 3.62. The topological polar surface area (TPSA) is 87.0 Å². The lowest BCUT2D eigenvalue weighted by Crippen LogP contribution is -2.44. The van der Waals surface area contributed by atoms with Gasteiger partial charge in [0.25, 0.3) is 5.56 Å². The molecule has 2 aromatic heterocycles. The number of pyridine rings is 2. The van der Waals surface area contributed by atoms with E-state index in [9.17, 15) is 4.79 Å². The normalized spacial score (nSPS) is 14.9. The van der Waals surface area contributed by atoms with Crippen LogP contribution in [0, 0.1) is 0 Å². The van der Waals surface area contributed by atoms with Crippen LogP contribution in [0.2, 0.25) is 0 Å². The maximum absolute atomic E-state index is 11.8. The molecular formula is C18H19N5O. The molecule has 6 heteroatoms. The quantitative estimate of drug-likeness (QED) is 0.667. The molecule has 1 saturated heterocycles. The molecule has 1 fully saturated rings. The van der Waals surface area contributed by atoms with Crippen LogP contribution in [0.15, 0.2) is 47.3 Å². The molecule has 1 aromatic carbocycles. The van der Waals surface area contributed by atoms with Gasteiger partial charge in [0.1, 0.15) is 11.5 Å². The van der Waals surface area contributed by atoms with Crippen molar-refractivity contribution in [1.82, 2.24) is 15.3 Å². The Labute approximate surface area is 139 Å². The standard InChI is InChI=1S/C18H19N5O/c19-15-11-13-10-14(12-4-2-1-3-5-12)17(21-16(13)22-18(15)24)23-8-6-20-7-9-23/h1-5,10-11,20H,6-9,19H2,(H,21,22,24). The highest BCUT2D eigenvalue weighted by atomic mass is 16.1. The van der Waals surface area contributed by atoms with Crippen molar-refractivity contribution in [1.29, 1.82) is 0 Å². The van der Waals surface area contributed by atoms with E-state index in [1.54, 1.807) is 6.07 Å². The van der Waals surface area contributed by atoms with Crippen LogP contribution >= 0.6 is 0 Å². The van der Waals surface area contributed by atoms with Gasteiger partial charge < -0.3 is 20.9 Å². The molecule has 0 atom stereocenters. The minimum absolute atomic E-state index is 0.207. The van der Waals surface area contributed by atoms with E-state index in [2.05, 4.69) is 33.4 Å². The summed E-state index contributed by atoms with van der Waals surface area (Å²) in [5, 5.41) is 4.19. The Bertz CT molecular complexity index is 929. The molecule has 3 aromatic rings. The molecular weight excluding hydrogens is 302 g/mol. The van der Waals surface area contributed by atoms with Crippen LogP contribution in [0.5, 0.6) is 0 Å². The third-order valence-electron chi connectivity index (χ3n) is 4.34. The highest BCUT2D eigenvalue weighted by Gasteiger charge is 2.18.